The van der Waals surface area contributed by atoms with Crippen LogP contribution in [0.2, 0.25) is 0 Å². The van der Waals surface area contributed by atoms with Crippen LogP contribution in [0.4, 0.5) is 0 Å². The molecule has 2 saturated heterocycles. The molecule has 0 saturated carbocycles. The summed E-state index contributed by atoms with van der Waals surface area (Å²) in [6.45, 7) is 4.92. The molecule has 2 N–H and O–H groups in total. The average molecular weight is 503 g/mol. The van der Waals surface area contributed by atoms with E-state index in [-0.39, 0.29) is 35.9 Å². The predicted molar refractivity (Wildman–Crippen MR) is 122 cm³/mol. The van der Waals surface area contributed by atoms with Gasteiger partial charge in [0, 0.05) is 40.2 Å². The summed E-state index contributed by atoms with van der Waals surface area (Å²) in [5.74, 6) is 2.58. The smallest absolute Gasteiger partial charge is 0.220 e. The molecule has 0 aromatic carbocycles. The van der Waals surface area contributed by atoms with Crippen LogP contribution in [-0.2, 0) is 4.79 Å². The van der Waals surface area contributed by atoms with Crippen LogP contribution in [0.5, 0.6) is 0 Å². The number of halogens is 1. The second-order valence-electron chi connectivity index (χ2n) is 7.51. The Balaban J connectivity index is 0.00000280. The maximum absolute atomic E-state index is 11.6. The summed E-state index contributed by atoms with van der Waals surface area (Å²) in [6.07, 6.45) is 6.95. The lowest BCUT2D eigenvalue weighted by Crippen LogP contribution is -2.48. The van der Waals surface area contributed by atoms with Crippen molar-refractivity contribution in [2.75, 3.05) is 46.8 Å². The molecule has 2 fully saturated rings. The van der Waals surface area contributed by atoms with Crippen molar-refractivity contribution in [3.63, 3.8) is 0 Å². The Morgan fingerprint density at radius 1 is 1.29 bits per heavy atom. The molecule has 0 aliphatic carbocycles. The number of likely N-dealkylation sites (tertiary alicyclic amines) is 2. The van der Waals surface area contributed by atoms with E-state index in [2.05, 4.69) is 31.5 Å². The van der Waals surface area contributed by atoms with Gasteiger partial charge in [0.25, 0.3) is 0 Å². The molecule has 1 amide bonds. The van der Waals surface area contributed by atoms with Gasteiger partial charge in [0.2, 0.25) is 5.91 Å². The minimum atomic E-state index is 0. The lowest BCUT2D eigenvalue weighted by molar-refractivity contribution is -0.121. The Kier molecular flexibility index (Phi) is 9.57. The molecular weight excluding hydrogens is 469 g/mol. The van der Waals surface area contributed by atoms with E-state index in [1.54, 1.807) is 13.3 Å². The summed E-state index contributed by atoms with van der Waals surface area (Å²) < 4.78 is 5.71. The second kappa shape index (κ2) is 11.6. The van der Waals surface area contributed by atoms with Crippen LogP contribution in [0.3, 0.4) is 0 Å². The van der Waals surface area contributed by atoms with Crippen molar-refractivity contribution in [2.24, 2.45) is 10.9 Å². The van der Waals surface area contributed by atoms with Crippen molar-refractivity contribution in [1.29, 1.82) is 0 Å². The number of piperidine rings is 1. The summed E-state index contributed by atoms with van der Waals surface area (Å²) >= 11 is 0. The van der Waals surface area contributed by atoms with Crippen molar-refractivity contribution < 1.29 is 9.21 Å². The van der Waals surface area contributed by atoms with Crippen LogP contribution < -0.4 is 10.6 Å². The van der Waals surface area contributed by atoms with E-state index in [1.165, 1.54) is 12.8 Å². The van der Waals surface area contributed by atoms with Gasteiger partial charge in [-0.05, 0) is 56.8 Å². The van der Waals surface area contributed by atoms with Crippen molar-refractivity contribution in [3.8, 4) is 0 Å². The van der Waals surface area contributed by atoms with E-state index in [0.29, 0.717) is 12.3 Å². The Bertz CT molecular complexity index is 608. The number of aliphatic imine (C=N–C) groups is 1. The van der Waals surface area contributed by atoms with Crippen LogP contribution in [0, 0.1) is 5.92 Å². The van der Waals surface area contributed by atoms with Gasteiger partial charge in [-0.25, -0.2) is 0 Å². The molecule has 7 nitrogen and oxygen atoms in total. The van der Waals surface area contributed by atoms with Gasteiger partial charge in [0.1, 0.15) is 5.76 Å². The fourth-order valence-corrected chi connectivity index (χ4v) is 4.18. The maximum Gasteiger partial charge on any atom is 0.220 e. The van der Waals surface area contributed by atoms with Crippen LogP contribution in [0.15, 0.2) is 27.8 Å². The fraction of sp³-hybridized carbons (Fsp3) is 0.700. The van der Waals surface area contributed by atoms with E-state index in [9.17, 15) is 4.79 Å². The number of guanidine groups is 1. The Labute approximate surface area is 185 Å². The standard InChI is InChI=1S/C20H33N5O2.HI/c1-21-19(26)14-16-7-11-25(12-8-16)20(22-2)23-15-17(18-6-5-13-27-18)24-9-3-4-10-24;/h5-6,13,16-17H,3-4,7-12,14-15H2,1-2H3,(H,21,26)(H,22,23);1H. The molecule has 0 radical (unpaired) electrons. The minimum absolute atomic E-state index is 0. The monoisotopic (exact) mass is 503 g/mol. The third-order valence-electron chi connectivity index (χ3n) is 5.79. The van der Waals surface area contributed by atoms with Crippen LogP contribution in [-0.4, -0.2) is 68.5 Å². The van der Waals surface area contributed by atoms with Crippen molar-refractivity contribution in [2.45, 2.75) is 38.1 Å². The van der Waals surface area contributed by atoms with Crippen LogP contribution in [0.25, 0.3) is 0 Å². The number of carbonyl (C=O) groups is 1. The molecule has 158 valence electrons. The zero-order valence-electron chi connectivity index (χ0n) is 17.0. The number of nitrogens with zero attached hydrogens (tertiary/aromatic N) is 3. The Morgan fingerprint density at radius 3 is 2.57 bits per heavy atom. The molecule has 3 rings (SSSR count). The summed E-state index contributed by atoms with van der Waals surface area (Å²) in [6, 6.07) is 4.27. The van der Waals surface area contributed by atoms with E-state index < -0.39 is 0 Å². The van der Waals surface area contributed by atoms with Gasteiger partial charge in [-0.15, -0.1) is 24.0 Å². The number of rotatable bonds is 6. The first-order valence-corrected chi connectivity index (χ1v) is 10.1. The third kappa shape index (κ3) is 6.10. The van der Waals surface area contributed by atoms with Crippen molar-refractivity contribution >= 4 is 35.8 Å². The van der Waals surface area contributed by atoms with E-state index in [0.717, 1.165) is 57.3 Å². The molecule has 0 bridgehead atoms. The lowest BCUT2D eigenvalue weighted by atomic mass is 9.93. The van der Waals surface area contributed by atoms with Crippen LogP contribution in [0.1, 0.15) is 43.9 Å². The predicted octanol–water partition coefficient (Wildman–Crippen LogP) is 2.46. The largest absolute Gasteiger partial charge is 0.468 e. The van der Waals surface area contributed by atoms with Gasteiger partial charge in [0.05, 0.1) is 12.3 Å². The van der Waals surface area contributed by atoms with Gasteiger partial charge >= 0.3 is 0 Å². The molecule has 1 atom stereocenters. The first-order valence-electron chi connectivity index (χ1n) is 10.1. The fourth-order valence-electron chi connectivity index (χ4n) is 4.18. The zero-order chi connectivity index (χ0) is 19.1. The first kappa shape index (κ1) is 23.0. The molecule has 1 aromatic rings. The topological polar surface area (TPSA) is 73.1 Å². The quantitative estimate of drug-likeness (QED) is 0.355. The normalized spacial score (nSPS) is 19.9. The van der Waals surface area contributed by atoms with E-state index >= 15 is 0 Å². The summed E-state index contributed by atoms with van der Waals surface area (Å²) in [7, 11) is 3.55. The molecule has 3 heterocycles. The number of hydrogen-bond acceptors (Lipinski definition) is 4. The molecule has 1 unspecified atom stereocenters. The molecule has 2 aliphatic rings. The number of carbonyl (C=O) groups excluding carboxylic acids is 1. The van der Waals surface area contributed by atoms with Gasteiger partial charge < -0.3 is 20.0 Å². The highest BCUT2D eigenvalue weighted by Gasteiger charge is 2.27. The average Bonchev–Trinajstić information content (AvgIpc) is 3.40. The summed E-state index contributed by atoms with van der Waals surface area (Å²) in [5.41, 5.74) is 0. The number of hydrogen-bond donors (Lipinski definition) is 2. The van der Waals surface area contributed by atoms with E-state index in [4.69, 9.17) is 4.42 Å². The highest BCUT2D eigenvalue weighted by Crippen LogP contribution is 2.25. The first-order chi connectivity index (χ1) is 13.2. The molecule has 0 spiro atoms. The molecule has 2 aliphatic heterocycles. The lowest BCUT2D eigenvalue weighted by Gasteiger charge is -2.35. The molecule has 8 heteroatoms. The SMILES string of the molecule is CN=C(NCC(c1ccco1)N1CCCC1)N1CCC(CC(=O)NC)CC1.I. The van der Waals surface area contributed by atoms with Crippen molar-refractivity contribution in [1.82, 2.24) is 20.4 Å². The Morgan fingerprint density at radius 2 is 2.00 bits per heavy atom. The third-order valence-corrected chi connectivity index (χ3v) is 5.79. The highest BCUT2D eigenvalue weighted by molar-refractivity contribution is 14.0. The van der Waals surface area contributed by atoms with Gasteiger partial charge in [-0.1, -0.05) is 0 Å². The van der Waals surface area contributed by atoms with E-state index in [1.807, 2.05) is 13.1 Å². The summed E-state index contributed by atoms with van der Waals surface area (Å²) in [5, 5.41) is 6.29. The zero-order valence-corrected chi connectivity index (χ0v) is 19.4. The second-order valence-corrected chi connectivity index (χ2v) is 7.51. The van der Waals surface area contributed by atoms with Crippen LogP contribution >= 0.6 is 24.0 Å². The van der Waals surface area contributed by atoms with Gasteiger partial charge in [-0.2, -0.15) is 0 Å². The maximum atomic E-state index is 11.6. The Hall–Kier alpha value is -1.29. The molecule has 1 aromatic heterocycles. The highest BCUT2D eigenvalue weighted by atomic mass is 127. The van der Waals surface area contributed by atoms with Gasteiger partial charge in [0.15, 0.2) is 5.96 Å². The number of amides is 1. The minimum Gasteiger partial charge on any atom is -0.468 e. The molecular formula is C20H34IN5O2. The number of furan rings is 1. The summed E-state index contributed by atoms with van der Waals surface area (Å²) in [4.78, 5) is 20.9. The molecule has 28 heavy (non-hydrogen) atoms. The van der Waals surface area contributed by atoms with Gasteiger partial charge in [-0.3, -0.25) is 14.7 Å². The number of nitrogens with one attached hydrogen (secondary N) is 2. The van der Waals surface area contributed by atoms with Crippen molar-refractivity contribution in [3.05, 3.63) is 24.2 Å².